The molecule has 284 valence electrons. The molecule has 0 unspecified atom stereocenters. The highest BCUT2D eigenvalue weighted by Gasteiger charge is 2.26. The molecule has 0 aliphatic heterocycles. The number of rotatable bonds is 36. The van der Waals surface area contributed by atoms with Crippen molar-refractivity contribution in [2.75, 3.05) is 13.2 Å². The maximum atomic E-state index is 13.0. The van der Waals surface area contributed by atoms with Crippen molar-refractivity contribution in [1.82, 2.24) is 5.32 Å². The van der Waals surface area contributed by atoms with Crippen molar-refractivity contribution in [3.05, 3.63) is 0 Å². The van der Waals surface area contributed by atoms with Gasteiger partial charge in [-0.3, -0.25) is 9.59 Å². The zero-order chi connectivity index (χ0) is 35.5. The van der Waals surface area contributed by atoms with Crippen LogP contribution in [0.1, 0.15) is 221 Å². The zero-order valence-electron chi connectivity index (χ0n) is 32.7. The Labute approximate surface area is 298 Å². The highest BCUT2D eigenvalue weighted by Crippen LogP contribution is 2.15. The maximum absolute atomic E-state index is 13.0. The summed E-state index contributed by atoms with van der Waals surface area (Å²) in [6.45, 7) is 12.1. The first-order chi connectivity index (χ1) is 23.3. The van der Waals surface area contributed by atoms with Crippen LogP contribution in [-0.4, -0.2) is 37.1 Å². The fourth-order valence-electron chi connectivity index (χ4n) is 6.17. The van der Waals surface area contributed by atoms with Crippen molar-refractivity contribution in [3.8, 4) is 0 Å². The van der Waals surface area contributed by atoms with Gasteiger partial charge in [0.15, 0.2) is 0 Å². The Hall–Kier alpha value is -1.59. The number of carbonyl (C=O) groups excluding carboxylic acids is 3. The molecule has 0 rings (SSSR count). The largest absolute Gasteiger partial charge is 0.466 e. The lowest BCUT2D eigenvalue weighted by molar-refractivity contribution is -0.154. The van der Waals surface area contributed by atoms with Gasteiger partial charge in [-0.05, 0) is 31.1 Å². The molecule has 0 aromatic rings. The molecule has 0 heterocycles. The van der Waals surface area contributed by atoms with Crippen LogP contribution in [0.4, 0.5) is 0 Å². The molecule has 1 atom stereocenters. The monoisotopic (exact) mass is 680 g/mol. The second-order valence-electron chi connectivity index (χ2n) is 15.3. The number of ether oxygens (including phenoxy) is 2. The molecule has 6 heteroatoms. The van der Waals surface area contributed by atoms with Gasteiger partial charge in [0.2, 0.25) is 5.91 Å². The molecule has 0 saturated carbocycles. The summed E-state index contributed by atoms with van der Waals surface area (Å²) in [4.78, 5) is 38.3. The van der Waals surface area contributed by atoms with E-state index in [0.29, 0.717) is 19.6 Å². The minimum atomic E-state index is -0.981. The van der Waals surface area contributed by atoms with Crippen LogP contribution >= 0.6 is 0 Å². The number of nitrogens with one attached hydrogen (secondary N) is 1. The summed E-state index contributed by atoms with van der Waals surface area (Å²) >= 11 is 0. The number of hydrogen-bond acceptors (Lipinski definition) is 5. The quantitative estimate of drug-likeness (QED) is 0.0526. The minimum absolute atomic E-state index is 0.171. The van der Waals surface area contributed by atoms with Crippen molar-refractivity contribution in [3.63, 3.8) is 0 Å². The van der Waals surface area contributed by atoms with Gasteiger partial charge in [0.1, 0.15) is 6.04 Å². The summed E-state index contributed by atoms with van der Waals surface area (Å²) in [7, 11) is 0. The molecule has 0 aromatic carbocycles. The molecule has 0 aliphatic rings. The number of carbonyl (C=O) groups is 3. The van der Waals surface area contributed by atoms with E-state index in [4.69, 9.17) is 9.47 Å². The molecule has 48 heavy (non-hydrogen) atoms. The van der Waals surface area contributed by atoms with Crippen LogP contribution in [0, 0.1) is 11.8 Å². The van der Waals surface area contributed by atoms with E-state index in [1.165, 1.54) is 116 Å². The molecule has 0 saturated heterocycles. The molecule has 0 radical (unpaired) electrons. The van der Waals surface area contributed by atoms with E-state index in [1.807, 2.05) is 0 Å². The van der Waals surface area contributed by atoms with Gasteiger partial charge >= 0.3 is 11.9 Å². The van der Waals surface area contributed by atoms with E-state index >= 15 is 0 Å². The summed E-state index contributed by atoms with van der Waals surface area (Å²) in [6.07, 6.45) is 32.4. The van der Waals surface area contributed by atoms with Crippen LogP contribution < -0.4 is 5.32 Å². The van der Waals surface area contributed by atoms with Crippen LogP contribution in [0.2, 0.25) is 0 Å². The van der Waals surface area contributed by atoms with Gasteiger partial charge in [0.05, 0.1) is 19.6 Å². The number of amides is 1. The Morgan fingerprint density at radius 2 is 0.854 bits per heavy atom. The van der Waals surface area contributed by atoms with Gasteiger partial charge in [-0.1, -0.05) is 189 Å². The third-order valence-corrected chi connectivity index (χ3v) is 9.36. The Balaban J connectivity index is 4.38. The highest BCUT2D eigenvalue weighted by atomic mass is 16.5. The molecular weight excluding hydrogens is 598 g/mol. The lowest BCUT2D eigenvalue weighted by Gasteiger charge is -2.17. The molecule has 0 spiro atoms. The maximum Gasteiger partial charge on any atom is 0.329 e. The third-order valence-electron chi connectivity index (χ3n) is 9.36. The summed E-state index contributed by atoms with van der Waals surface area (Å²) in [5, 5.41) is 2.80. The molecule has 0 fully saturated rings. The van der Waals surface area contributed by atoms with E-state index in [-0.39, 0.29) is 12.3 Å². The first-order valence-electron chi connectivity index (χ1n) is 20.9. The standard InChI is InChI=1S/C42H81NO5/c1-6-7-8-9-10-11-18-23-28-33-40(44)43-39(42(46)48-35-30-25-20-15-13-17-22-27-32-38(4)5)36-41(45)47-34-29-24-19-14-12-16-21-26-31-37(2)3/h37-39H,6-36H2,1-5H3,(H,43,44)/t39-/m0/s1. The fraction of sp³-hybridized carbons (Fsp3) is 0.929. The first-order valence-corrected chi connectivity index (χ1v) is 20.9. The van der Waals surface area contributed by atoms with E-state index in [1.54, 1.807) is 0 Å². The topological polar surface area (TPSA) is 81.7 Å². The molecule has 1 amide bonds. The Kier molecular flexibility index (Phi) is 34.1. The highest BCUT2D eigenvalue weighted by molar-refractivity contribution is 5.88. The molecule has 0 aliphatic carbocycles. The SMILES string of the molecule is CCCCCCCCCCCC(=O)N[C@@H](CC(=O)OCCCCCCCCCCC(C)C)C(=O)OCCCCCCCCCCC(C)C. The van der Waals surface area contributed by atoms with Crippen LogP contribution in [0.5, 0.6) is 0 Å². The van der Waals surface area contributed by atoms with Gasteiger partial charge in [-0.25, -0.2) is 4.79 Å². The van der Waals surface area contributed by atoms with Gasteiger partial charge in [0.25, 0.3) is 0 Å². The van der Waals surface area contributed by atoms with Crippen LogP contribution in [-0.2, 0) is 23.9 Å². The van der Waals surface area contributed by atoms with Crippen LogP contribution in [0.15, 0.2) is 0 Å². The van der Waals surface area contributed by atoms with E-state index in [0.717, 1.165) is 69.6 Å². The molecule has 0 aromatic heterocycles. The predicted octanol–water partition coefficient (Wildman–Crippen LogP) is 12.2. The third kappa shape index (κ3) is 34.3. The summed E-state index contributed by atoms with van der Waals surface area (Å²) in [5.41, 5.74) is 0. The fourth-order valence-corrected chi connectivity index (χ4v) is 6.17. The Morgan fingerprint density at radius 3 is 1.29 bits per heavy atom. The van der Waals surface area contributed by atoms with E-state index < -0.39 is 18.0 Å². The average Bonchev–Trinajstić information content (AvgIpc) is 3.04. The van der Waals surface area contributed by atoms with Crippen molar-refractivity contribution < 1.29 is 23.9 Å². The predicted molar refractivity (Wildman–Crippen MR) is 203 cm³/mol. The normalized spacial score (nSPS) is 12.1. The Morgan fingerprint density at radius 1 is 0.479 bits per heavy atom. The Bertz CT molecular complexity index is 738. The molecule has 6 nitrogen and oxygen atoms in total. The van der Waals surface area contributed by atoms with Crippen LogP contribution in [0.3, 0.4) is 0 Å². The molecule has 0 bridgehead atoms. The molecular formula is C42H81NO5. The second-order valence-corrected chi connectivity index (χ2v) is 15.3. The van der Waals surface area contributed by atoms with Crippen LogP contribution in [0.25, 0.3) is 0 Å². The van der Waals surface area contributed by atoms with Crippen molar-refractivity contribution in [1.29, 1.82) is 0 Å². The van der Waals surface area contributed by atoms with Gasteiger partial charge < -0.3 is 14.8 Å². The summed E-state index contributed by atoms with van der Waals surface area (Å²) in [6, 6.07) is -0.981. The van der Waals surface area contributed by atoms with Crippen molar-refractivity contribution in [2.45, 2.75) is 227 Å². The number of esters is 2. The van der Waals surface area contributed by atoms with Crippen molar-refractivity contribution in [2.24, 2.45) is 11.8 Å². The number of unbranched alkanes of at least 4 members (excludes halogenated alkanes) is 22. The van der Waals surface area contributed by atoms with Gasteiger partial charge in [-0.15, -0.1) is 0 Å². The van der Waals surface area contributed by atoms with E-state index in [2.05, 4.69) is 39.9 Å². The summed E-state index contributed by atoms with van der Waals surface area (Å²) in [5.74, 6) is 0.438. The first kappa shape index (κ1) is 46.4. The smallest absolute Gasteiger partial charge is 0.329 e. The average molecular weight is 680 g/mol. The lowest BCUT2D eigenvalue weighted by atomic mass is 10.0. The molecule has 1 N–H and O–H groups in total. The number of hydrogen-bond donors (Lipinski definition) is 1. The minimum Gasteiger partial charge on any atom is -0.466 e. The second kappa shape index (κ2) is 35.2. The van der Waals surface area contributed by atoms with Gasteiger partial charge in [0, 0.05) is 6.42 Å². The summed E-state index contributed by atoms with van der Waals surface area (Å²) < 4.78 is 11.0. The zero-order valence-corrected chi connectivity index (χ0v) is 32.7. The lowest BCUT2D eigenvalue weighted by Crippen LogP contribution is -2.43. The van der Waals surface area contributed by atoms with Gasteiger partial charge in [-0.2, -0.15) is 0 Å². The van der Waals surface area contributed by atoms with E-state index in [9.17, 15) is 14.4 Å². The van der Waals surface area contributed by atoms with Crippen molar-refractivity contribution >= 4 is 17.8 Å².